The Morgan fingerprint density at radius 3 is 2.27 bits per heavy atom. The fraction of sp³-hybridized carbons (Fsp3) is 0.632. The fourth-order valence-corrected chi connectivity index (χ4v) is 5.47. The molecule has 2 aliphatic carbocycles. The number of nitrogens with zero attached hydrogens (tertiary/aromatic N) is 1. The molecule has 2 N–H and O–H groups in total. The van der Waals surface area contributed by atoms with Crippen LogP contribution in [0.5, 0.6) is 0 Å². The molecule has 2 unspecified atom stereocenters. The lowest BCUT2D eigenvalue weighted by atomic mass is 10.0. The molecule has 0 bridgehead atoms. The highest BCUT2D eigenvalue weighted by Gasteiger charge is 2.43. The summed E-state index contributed by atoms with van der Waals surface area (Å²) in [4.78, 5) is 14.7. The Morgan fingerprint density at radius 1 is 1.15 bits per heavy atom. The van der Waals surface area contributed by atoms with Gasteiger partial charge in [-0.1, -0.05) is 6.92 Å². The standard InChI is InChI=1S/C19H28N2O4S/c1-3-8-20-26(24,25)18-6-4-13(5-7-18)19(23)21(2)16-9-14-11-17(22)12-15(14)10-16/h4-7,14-17,20,22H,3,8-12H2,1-2H3/t14-,15+,16?,17?. The van der Waals surface area contributed by atoms with Crippen molar-refractivity contribution in [3.05, 3.63) is 29.8 Å². The van der Waals surface area contributed by atoms with Crippen molar-refractivity contribution in [2.75, 3.05) is 13.6 Å². The van der Waals surface area contributed by atoms with Gasteiger partial charge >= 0.3 is 0 Å². The number of carbonyl (C=O) groups is 1. The predicted octanol–water partition coefficient (Wildman–Crippen LogP) is 2.00. The Labute approximate surface area is 155 Å². The van der Waals surface area contributed by atoms with E-state index in [9.17, 15) is 18.3 Å². The van der Waals surface area contributed by atoms with E-state index in [0.717, 1.165) is 32.1 Å². The average molecular weight is 381 g/mol. The molecule has 3 rings (SSSR count). The molecule has 0 aliphatic heterocycles. The minimum Gasteiger partial charge on any atom is -0.393 e. The van der Waals surface area contributed by atoms with Gasteiger partial charge in [-0.2, -0.15) is 0 Å². The molecule has 4 atom stereocenters. The zero-order valence-electron chi connectivity index (χ0n) is 15.4. The highest BCUT2D eigenvalue weighted by atomic mass is 32.2. The Hall–Kier alpha value is -1.44. The first-order chi connectivity index (χ1) is 12.3. The zero-order chi connectivity index (χ0) is 18.9. The monoisotopic (exact) mass is 380 g/mol. The van der Waals surface area contributed by atoms with E-state index >= 15 is 0 Å². The summed E-state index contributed by atoms with van der Waals surface area (Å²) in [6.45, 7) is 2.29. The van der Waals surface area contributed by atoms with Crippen molar-refractivity contribution in [3.8, 4) is 0 Å². The maximum absolute atomic E-state index is 12.8. The van der Waals surface area contributed by atoms with Crippen molar-refractivity contribution in [1.82, 2.24) is 9.62 Å². The molecule has 2 saturated carbocycles. The molecule has 0 saturated heterocycles. The highest BCUT2D eigenvalue weighted by Crippen LogP contribution is 2.45. The van der Waals surface area contributed by atoms with Crippen molar-refractivity contribution in [2.24, 2.45) is 11.8 Å². The lowest BCUT2D eigenvalue weighted by molar-refractivity contribution is 0.0722. The van der Waals surface area contributed by atoms with Crippen LogP contribution in [0.1, 0.15) is 49.4 Å². The molecule has 0 spiro atoms. The molecular weight excluding hydrogens is 352 g/mol. The molecule has 0 radical (unpaired) electrons. The third-order valence-corrected chi connectivity index (χ3v) is 7.26. The molecule has 1 aromatic rings. The quantitative estimate of drug-likeness (QED) is 0.790. The molecular formula is C19H28N2O4S. The number of aliphatic hydroxyl groups excluding tert-OH is 1. The normalized spacial score (nSPS) is 28.1. The van der Waals surface area contributed by atoms with E-state index in [-0.39, 0.29) is 22.9 Å². The highest BCUT2D eigenvalue weighted by molar-refractivity contribution is 7.89. The van der Waals surface area contributed by atoms with Gasteiger partial charge < -0.3 is 10.0 Å². The molecule has 0 aromatic heterocycles. The molecule has 1 aromatic carbocycles. The Morgan fingerprint density at radius 2 is 1.73 bits per heavy atom. The SMILES string of the molecule is CCCNS(=O)(=O)c1ccc(C(=O)N(C)C2C[C@H]3CC(O)C[C@H]3C2)cc1. The Balaban J connectivity index is 1.65. The van der Waals surface area contributed by atoms with Gasteiger partial charge in [0.25, 0.3) is 5.91 Å². The van der Waals surface area contributed by atoms with Gasteiger partial charge in [-0.25, -0.2) is 13.1 Å². The minimum absolute atomic E-state index is 0.0824. The summed E-state index contributed by atoms with van der Waals surface area (Å²) in [7, 11) is -1.70. The average Bonchev–Trinajstić information content (AvgIpc) is 3.16. The van der Waals surface area contributed by atoms with E-state index in [2.05, 4.69) is 4.72 Å². The van der Waals surface area contributed by atoms with Gasteiger partial charge in [0.05, 0.1) is 11.0 Å². The fourth-order valence-electron chi connectivity index (χ4n) is 4.33. The number of amides is 1. The summed E-state index contributed by atoms with van der Waals surface area (Å²) in [5.41, 5.74) is 0.499. The number of sulfonamides is 1. The summed E-state index contributed by atoms with van der Waals surface area (Å²) in [5.74, 6) is 0.950. The summed E-state index contributed by atoms with van der Waals surface area (Å²) in [6, 6.07) is 6.33. The van der Waals surface area contributed by atoms with Crippen LogP contribution in [0.3, 0.4) is 0 Å². The van der Waals surface area contributed by atoms with Crippen LogP contribution in [0.2, 0.25) is 0 Å². The summed E-state index contributed by atoms with van der Waals surface area (Å²) in [6.07, 6.45) is 4.12. The van der Waals surface area contributed by atoms with Crippen LogP contribution in [0.15, 0.2) is 29.2 Å². The van der Waals surface area contributed by atoms with Gasteiger partial charge in [-0.15, -0.1) is 0 Å². The number of aliphatic hydroxyl groups is 1. The number of carbonyl (C=O) groups excluding carboxylic acids is 1. The first kappa shape index (κ1) is 19.3. The zero-order valence-corrected chi connectivity index (χ0v) is 16.2. The molecule has 1 amide bonds. The Bertz CT molecular complexity index is 733. The molecule has 144 valence electrons. The number of hydrogen-bond donors (Lipinski definition) is 2. The van der Waals surface area contributed by atoms with Crippen LogP contribution in [0.25, 0.3) is 0 Å². The smallest absolute Gasteiger partial charge is 0.253 e. The van der Waals surface area contributed by atoms with Crippen molar-refractivity contribution in [2.45, 2.75) is 56.1 Å². The first-order valence-electron chi connectivity index (χ1n) is 9.36. The number of rotatable bonds is 6. The van der Waals surface area contributed by atoms with E-state index in [1.54, 1.807) is 17.0 Å². The second-order valence-electron chi connectivity index (χ2n) is 7.61. The molecule has 26 heavy (non-hydrogen) atoms. The lowest BCUT2D eigenvalue weighted by Crippen LogP contribution is -2.36. The minimum atomic E-state index is -3.51. The molecule has 2 fully saturated rings. The van der Waals surface area contributed by atoms with E-state index < -0.39 is 10.0 Å². The summed E-state index contributed by atoms with van der Waals surface area (Å²) >= 11 is 0. The lowest BCUT2D eigenvalue weighted by Gasteiger charge is -2.25. The molecule has 6 nitrogen and oxygen atoms in total. The van der Waals surface area contributed by atoms with Crippen molar-refractivity contribution >= 4 is 15.9 Å². The van der Waals surface area contributed by atoms with Crippen molar-refractivity contribution < 1.29 is 18.3 Å². The second kappa shape index (κ2) is 7.66. The van der Waals surface area contributed by atoms with Gasteiger partial charge in [0.1, 0.15) is 0 Å². The predicted molar refractivity (Wildman–Crippen MR) is 99.3 cm³/mol. The summed E-state index contributed by atoms with van der Waals surface area (Å²) < 4.78 is 26.8. The Kier molecular flexibility index (Phi) is 5.69. The van der Waals surface area contributed by atoms with E-state index in [4.69, 9.17) is 0 Å². The van der Waals surface area contributed by atoms with Crippen LogP contribution < -0.4 is 4.72 Å². The number of nitrogens with one attached hydrogen (secondary N) is 1. The topological polar surface area (TPSA) is 86.7 Å². The molecule has 0 heterocycles. The van der Waals surface area contributed by atoms with Crippen LogP contribution in [-0.4, -0.2) is 50.1 Å². The maximum Gasteiger partial charge on any atom is 0.253 e. The van der Waals surface area contributed by atoms with Gasteiger partial charge in [0, 0.05) is 25.2 Å². The van der Waals surface area contributed by atoms with Crippen LogP contribution in [0.4, 0.5) is 0 Å². The van der Waals surface area contributed by atoms with Crippen LogP contribution >= 0.6 is 0 Å². The number of benzene rings is 1. The largest absolute Gasteiger partial charge is 0.393 e. The molecule has 2 aliphatic rings. The summed E-state index contributed by atoms with van der Waals surface area (Å²) in [5, 5.41) is 9.76. The first-order valence-corrected chi connectivity index (χ1v) is 10.8. The van der Waals surface area contributed by atoms with Gasteiger partial charge in [0.15, 0.2) is 0 Å². The molecule has 7 heteroatoms. The second-order valence-corrected chi connectivity index (χ2v) is 9.38. The van der Waals surface area contributed by atoms with Gasteiger partial charge in [-0.05, 0) is 68.2 Å². The third kappa shape index (κ3) is 3.94. The van der Waals surface area contributed by atoms with Crippen LogP contribution in [-0.2, 0) is 10.0 Å². The van der Waals surface area contributed by atoms with E-state index in [1.807, 2.05) is 14.0 Å². The van der Waals surface area contributed by atoms with Crippen molar-refractivity contribution in [1.29, 1.82) is 0 Å². The van der Waals surface area contributed by atoms with Crippen LogP contribution in [0, 0.1) is 11.8 Å². The number of hydrogen-bond acceptors (Lipinski definition) is 4. The van der Waals surface area contributed by atoms with E-state index in [1.165, 1.54) is 12.1 Å². The van der Waals surface area contributed by atoms with Crippen molar-refractivity contribution in [3.63, 3.8) is 0 Å². The third-order valence-electron chi connectivity index (χ3n) is 5.79. The van der Waals surface area contributed by atoms with E-state index in [0.29, 0.717) is 23.9 Å². The maximum atomic E-state index is 12.8. The number of fused-ring (bicyclic) bond motifs is 1. The van der Waals surface area contributed by atoms with Gasteiger partial charge in [0.2, 0.25) is 10.0 Å². The van der Waals surface area contributed by atoms with Gasteiger partial charge in [-0.3, -0.25) is 4.79 Å².